The monoisotopic (exact) mass is 330 g/mol. The van der Waals surface area contributed by atoms with Gasteiger partial charge in [-0.2, -0.15) is 0 Å². The molecule has 0 fully saturated rings. The second-order valence-corrected chi connectivity index (χ2v) is 5.22. The Morgan fingerprint density at radius 2 is 2.14 bits per heavy atom. The van der Waals surface area contributed by atoms with Gasteiger partial charge < -0.3 is 15.7 Å². The summed E-state index contributed by atoms with van der Waals surface area (Å²) in [5, 5.41) is 14.2. The minimum atomic E-state index is -0.518. The van der Waals surface area contributed by atoms with Crippen molar-refractivity contribution in [3.63, 3.8) is 0 Å². The highest BCUT2D eigenvalue weighted by Crippen LogP contribution is 2.16. The first-order valence-electron chi connectivity index (χ1n) is 7.11. The molecule has 0 aliphatic heterocycles. The number of hydrogen-bond acceptors (Lipinski definition) is 3. The van der Waals surface area contributed by atoms with Crippen molar-refractivity contribution in [3.05, 3.63) is 34.6 Å². The SMILES string of the molecule is CCC(CCO)NC(=O)CCNC(=O)c1ccc(F)cc1Cl. The average molecular weight is 331 g/mol. The lowest BCUT2D eigenvalue weighted by Crippen LogP contribution is -2.37. The Bertz CT molecular complexity index is 526. The smallest absolute Gasteiger partial charge is 0.252 e. The third kappa shape index (κ3) is 5.99. The van der Waals surface area contributed by atoms with E-state index in [0.717, 1.165) is 18.6 Å². The molecule has 22 heavy (non-hydrogen) atoms. The number of benzene rings is 1. The Labute approximate surface area is 133 Å². The van der Waals surface area contributed by atoms with Gasteiger partial charge in [-0.1, -0.05) is 18.5 Å². The Balaban J connectivity index is 2.40. The van der Waals surface area contributed by atoms with Gasteiger partial charge in [0.15, 0.2) is 0 Å². The van der Waals surface area contributed by atoms with Crippen LogP contribution in [0.5, 0.6) is 0 Å². The molecule has 0 aliphatic rings. The molecule has 1 rings (SSSR count). The summed E-state index contributed by atoms with van der Waals surface area (Å²) in [4.78, 5) is 23.6. The molecule has 3 N–H and O–H groups in total. The lowest BCUT2D eigenvalue weighted by Gasteiger charge is -2.15. The van der Waals surface area contributed by atoms with Gasteiger partial charge in [-0.15, -0.1) is 0 Å². The van der Waals surface area contributed by atoms with Crippen molar-refractivity contribution in [3.8, 4) is 0 Å². The number of carbonyl (C=O) groups is 2. The molecule has 1 unspecified atom stereocenters. The van der Waals surface area contributed by atoms with Crippen LogP contribution in [0.25, 0.3) is 0 Å². The molecule has 0 aliphatic carbocycles. The Hall–Kier alpha value is -1.66. The first-order chi connectivity index (χ1) is 10.5. The summed E-state index contributed by atoms with van der Waals surface area (Å²) in [5.41, 5.74) is 0.162. The molecule has 0 bridgehead atoms. The third-order valence-electron chi connectivity index (χ3n) is 3.15. The van der Waals surface area contributed by atoms with Gasteiger partial charge in [-0.25, -0.2) is 4.39 Å². The second kappa shape index (κ2) is 9.38. The summed E-state index contributed by atoms with van der Waals surface area (Å²) in [6.07, 6.45) is 1.34. The molecule has 1 aromatic carbocycles. The molecule has 0 heterocycles. The third-order valence-corrected chi connectivity index (χ3v) is 3.46. The van der Waals surface area contributed by atoms with E-state index in [2.05, 4.69) is 10.6 Å². The van der Waals surface area contributed by atoms with Crippen molar-refractivity contribution in [2.24, 2.45) is 0 Å². The standard InChI is InChI=1S/C15H20ClFN2O3/c1-2-11(6-8-20)19-14(21)5-7-18-15(22)12-4-3-10(17)9-13(12)16/h3-4,9,11,20H,2,5-8H2,1H3,(H,18,22)(H,19,21). The maximum Gasteiger partial charge on any atom is 0.252 e. The zero-order valence-electron chi connectivity index (χ0n) is 12.4. The number of halogens is 2. The van der Waals surface area contributed by atoms with Crippen LogP contribution in [0.15, 0.2) is 18.2 Å². The van der Waals surface area contributed by atoms with Gasteiger partial charge in [0.1, 0.15) is 5.82 Å². The normalized spacial score (nSPS) is 11.8. The predicted molar refractivity (Wildman–Crippen MR) is 82.3 cm³/mol. The van der Waals surface area contributed by atoms with Crippen LogP contribution in [0, 0.1) is 5.82 Å². The Morgan fingerprint density at radius 1 is 1.41 bits per heavy atom. The number of amides is 2. The van der Waals surface area contributed by atoms with Gasteiger partial charge in [0.25, 0.3) is 5.91 Å². The highest BCUT2D eigenvalue weighted by Gasteiger charge is 2.13. The summed E-state index contributed by atoms with van der Waals surface area (Å²) in [6, 6.07) is 3.43. The molecule has 0 spiro atoms. The Morgan fingerprint density at radius 3 is 2.73 bits per heavy atom. The lowest BCUT2D eigenvalue weighted by atomic mass is 10.1. The lowest BCUT2D eigenvalue weighted by molar-refractivity contribution is -0.121. The summed E-state index contributed by atoms with van der Waals surface area (Å²) < 4.78 is 12.9. The molecule has 2 amide bonds. The van der Waals surface area contributed by atoms with Crippen LogP contribution >= 0.6 is 11.6 Å². The van der Waals surface area contributed by atoms with Crippen LogP contribution in [0.3, 0.4) is 0 Å². The van der Waals surface area contributed by atoms with Crippen LogP contribution in [-0.2, 0) is 4.79 Å². The van der Waals surface area contributed by atoms with E-state index >= 15 is 0 Å². The summed E-state index contributed by atoms with van der Waals surface area (Å²) in [6.45, 7) is 2.07. The van der Waals surface area contributed by atoms with Gasteiger partial charge in [0.05, 0.1) is 10.6 Å². The fraction of sp³-hybridized carbons (Fsp3) is 0.467. The molecular formula is C15H20ClFN2O3. The molecule has 0 saturated carbocycles. The fourth-order valence-corrected chi connectivity index (χ4v) is 2.15. The van der Waals surface area contributed by atoms with E-state index in [0.29, 0.717) is 6.42 Å². The zero-order valence-corrected chi connectivity index (χ0v) is 13.1. The number of carbonyl (C=O) groups excluding carboxylic acids is 2. The van der Waals surface area contributed by atoms with Crippen molar-refractivity contribution < 1.29 is 19.1 Å². The van der Waals surface area contributed by atoms with Crippen molar-refractivity contribution in [1.82, 2.24) is 10.6 Å². The van der Waals surface area contributed by atoms with Gasteiger partial charge in [-0.05, 0) is 31.0 Å². The van der Waals surface area contributed by atoms with Gasteiger partial charge in [0, 0.05) is 25.6 Å². The topological polar surface area (TPSA) is 78.4 Å². The molecule has 1 atom stereocenters. The van der Waals surface area contributed by atoms with Gasteiger partial charge in [-0.3, -0.25) is 9.59 Å². The van der Waals surface area contributed by atoms with Gasteiger partial charge >= 0.3 is 0 Å². The number of aliphatic hydroxyl groups is 1. The fourth-order valence-electron chi connectivity index (χ4n) is 1.89. The molecule has 1 aromatic rings. The number of rotatable bonds is 8. The van der Waals surface area contributed by atoms with E-state index < -0.39 is 11.7 Å². The van der Waals surface area contributed by atoms with Crippen LogP contribution < -0.4 is 10.6 Å². The van der Waals surface area contributed by atoms with Crippen molar-refractivity contribution in [1.29, 1.82) is 0 Å². The van der Waals surface area contributed by atoms with Crippen LogP contribution in [0.1, 0.15) is 36.5 Å². The van der Waals surface area contributed by atoms with Crippen molar-refractivity contribution >= 4 is 23.4 Å². The first-order valence-corrected chi connectivity index (χ1v) is 7.49. The van der Waals surface area contributed by atoms with Crippen LogP contribution in [0.2, 0.25) is 5.02 Å². The molecule has 5 nitrogen and oxygen atoms in total. The van der Waals surface area contributed by atoms with Crippen LogP contribution in [0.4, 0.5) is 4.39 Å². The van der Waals surface area contributed by atoms with E-state index in [-0.39, 0.29) is 42.1 Å². The minimum absolute atomic E-state index is 0.0125. The first kappa shape index (κ1) is 18.4. The van der Waals surface area contributed by atoms with E-state index in [4.69, 9.17) is 16.7 Å². The molecule has 0 aromatic heterocycles. The molecule has 0 saturated heterocycles. The largest absolute Gasteiger partial charge is 0.396 e. The van der Waals surface area contributed by atoms with Crippen molar-refractivity contribution in [2.75, 3.05) is 13.2 Å². The highest BCUT2D eigenvalue weighted by atomic mass is 35.5. The quantitative estimate of drug-likeness (QED) is 0.681. The zero-order chi connectivity index (χ0) is 16.5. The maximum absolute atomic E-state index is 12.9. The highest BCUT2D eigenvalue weighted by molar-refractivity contribution is 6.33. The summed E-state index contributed by atoms with van der Waals surface area (Å²) >= 11 is 5.78. The average Bonchev–Trinajstić information content (AvgIpc) is 2.46. The van der Waals surface area contributed by atoms with Crippen LogP contribution in [-0.4, -0.2) is 36.1 Å². The van der Waals surface area contributed by atoms with Crippen molar-refractivity contribution in [2.45, 2.75) is 32.2 Å². The van der Waals surface area contributed by atoms with E-state index in [9.17, 15) is 14.0 Å². The predicted octanol–water partition coefficient (Wildman–Crippen LogP) is 1.88. The Kier molecular flexibility index (Phi) is 7.84. The molecular weight excluding hydrogens is 311 g/mol. The minimum Gasteiger partial charge on any atom is -0.396 e. The maximum atomic E-state index is 12.9. The van der Waals surface area contributed by atoms with E-state index in [1.54, 1.807) is 0 Å². The molecule has 0 radical (unpaired) electrons. The van der Waals surface area contributed by atoms with Gasteiger partial charge in [0.2, 0.25) is 5.91 Å². The number of nitrogens with one attached hydrogen (secondary N) is 2. The molecule has 122 valence electrons. The number of hydrogen-bond donors (Lipinski definition) is 3. The van der Waals surface area contributed by atoms with E-state index in [1.807, 2.05) is 6.92 Å². The summed E-state index contributed by atoms with van der Waals surface area (Å²) in [7, 11) is 0. The van der Waals surface area contributed by atoms with E-state index in [1.165, 1.54) is 6.07 Å². The summed E-state index contributed by atoms with van der Waals surface area (Å²) in [5.74, 6) is -1.18. The molecule has 7 heteroatoms. The second-order valence-electron chi connectivity index (χ2n) is 4.82. The number of aliphatic hydroxyl groups excluding tert-OH is 1.